The van der Waals surface area contributed by atoms with Gasteiger partial charge in [0.1, 0.15) is 11.3 Å². The van der Waals surface area contributed by atoms with Gasteiger partial charge in [0, 0.05) is 16.7 Å². The Kier molecular flexibility index (Phi) is 4.10. The Hall–Kier alpha value is -2.83. The third-order valence-electron chi connectivity index (χ3n) is 4.97. The van der Waals surface area contributed by atoms with E-state index in [2.05, 4.69) is 53.0 Å². The molecule has 0 saturated carbocycles. The number of aliphatic hydroxyl groups is 1. The Bertz CT molecular complexity index is 1170. The summed E-state index contributed by atoms with van der Waals surface area (Å²) in [5.74, 6) is 1.22. The van der Waals surface area contributed by atoms with Crippen LogP contribution in [0.4, 0.5) is 5.69 Å². The van der Waals surface area contributed by atoms with Crippen LogP contribution in [0.1, 0.15) is 25.3 Å². The molecule has 0 radical (unpaired) electrons. The number of nitrogens with one attached hydrogen (secondary N) is 1. The minimum Gasteiger partial charge on any atom is -0.364 e. The SMILES string of the molecule is CC(C)c1ccnc2c1nc(-c1ccccc1)n2-c1ccc2c(c1)SC(O)N2. The third-order valence-corrected chi connectivity index (χ3v) is 5.91. The van der Waals surface area contributed by atoms with E-state index < -0.39 is 5.56 Å². The molecule has 1 aliphatic heterocycles. The van der Waals surface area contributed by atoms with Crippen LogP contribution in [0.3, 0.4) is 0 Å². The minimum atomic E-state index is -0.607. The number of nitrogens with zero attached hydrogens (tertiary/aromatic N) is 3. The minimum absolute atomic E-state index is 0.354. The van der Waals surface area contributed by atoms with Gasteiger partial charge in [-0.15, -0.1) is 0 Å². The van der Waals surface area contributed by atoms with Gasteiger partial charge in [-0.1, -0.05) is 55.9 Å². The predicted molar refractivity (Wildman–Crippen MR) is 114 cm³/mol. The molecule has 28 heavy (non-hydrogen) atoms. The number of aromatic nitrogens is 3. The molecule has 6 heteroatoms. The van der Waals surface area contributed by atoms with E-state index in [9.17, 15) is 5.11 Å². The van der Waals surface area contributed by atoms with Crippen LogP contribution in [-0.4, -0.2) is 25.2 Å². The smallest absolute Gasteiger partial charge is 0.178 e. The monoisotopic (exact) mass is 388 g/mol. The molecule has 5 rings (SSSR count). The van der Waals surface area contributed by atoms with Gasteiger partial charge in [0.25, 0.3) is 0 Å². The maximum atomic E-state index is 9.89. The maximum absolute atomic E-state index is 9.89. The molecular formula is C22H20N4OS. The van der Waals surface area contributed by atoms with Gasteiger partial charge in [-0.2, -0.15) is 0 Å². The molecule has 1 unspecified atom stereocenters. The van der Waals surface area contributed by atoms with E-state index in [1.165, 1.54) is 17.3 Å². The van der Waals surface area contributed by atoms with Crippen molar-refractivity contribution in [2.75, 3.05) is 5.32 Å². The highest BCUT2D eigenvalue weighted by Gasteiger charge is 2.22. The Labute approximate surface area is 167 Å². The zero-order valence-electron chi connectivity index (χ0n) is 15.6. The average Bonchev–Trinajstić information content (AvgIpc) is 3.27. The van der Waals surface area contributed by atoms with Crippen molar-refractivity contribution in [2.24, 2.45) is 0 Å². The standard InChI is InChI=1S/C22H20N4OS/c1-13(2)16-10-11-23-21-19(16)25-20(14-6-4-3-5-7-14)26(21)15-8-9-17-18(12-15)28-22(27)24-17/h3-13,22,24,27H,1-2H3. The lowest BCUT2D eigenvalue weighted by atomic mass is 10.0. The van der Waals surface area contributed by atoms with Crippen LogP contribution in [-0.2, 0) is 0 Å². The van der Waals surface area contributed by atoms with E-state index in [-0.39, 0.29) is 0 Å². The van der Waals surface area contributed by atoms with Crippen molar-refractivity contribution in [1.29, 1.82) is 0 Å². The molecule has 0 bridgehead atoms. The topological polar surface area (TPSA) is 63.0 Å². The molecule has 140 valence electrons. The van der Waals surface area contributed by atoms with Gasteiger partial charge in [-0.05, 0) is 35.7 Å². The van der Waals surface area contributed by atoms with Crippen molar-refractivity contribution >= 4 is 28.6 Å². The third kappa shape index (κ3) is 2.77. The molecule has 1 aliphatic rings. The van der Waals surface area contributed by atoms with Crippen molar-refractivity contribution in [3.8, 4) is 17.1 Å². The van der Waals surface area contributed by atoms with E-state index in [1.54, 1.807) is 0 Å². The molecule has 0 fully saturated rings. The Morgan fingerprint density at radius 3 is 2.71 bits per heavy atom. The highest BCUT2D eigenvalue weighted by Crippen LogP contribution is 2.40. The average molecular weight is 388 g/mol. The van der Waals surface area contributed by atoms with Crippen molar-refractivity contribution in [1.82, 2.24) is 14.5 Å². The fourth-order valence-electron chi connectivity index (χ4n) is 3.63. The summed E-state index contributed by atoms with van der Waals surface area (Å²) >= 11 is 1.41. The number of benzene rings is 2. The van der Waals surface area contributed by atoms with Crippen molar-refractivity contribution < 1.29 is 5.11 Å². The molecule has 4 aromatic rings. The van der Waals surface area contributed by atoms with Gasteiger partial charge in [0.15, 0.2) is 11.2 Å². The largest absolute Gasteiger partial charge is 0.364 e. The number of hydrogen-bond donors (Lipinski definition) is 2. The van der Waals surface area contributed by atoms with E-state index in [0.717, 1.165) is 38.8 Å². The van der Waals surface area contributed by atoms with Gasteiger partial charge in [0.2, 0.25) is 0 Å². The molecule has 2 aromatic heterocycles. The van der Waals surface area contributed by atoms with Crippen LogP contribution < -0.4 is 5.32 Å². The summed E-state index contributed by atoms with van der Waals surface area (Å²) in [5.41, 5.74) is 5.34. The fourth-order valence-corrected chi connectivity index (χ4v) is 4.50. The molecular weight excluding hydrogens is 368 g/mol. The molecule has 0 saturated heterocycles. The van der Waals surface area contributed by atoms with Gasteiger partial charge < -0.3 is 10.4 Å². The molecule has 0 amide bonds. The first-order valence-electron chi connectivity index (χ1n) is 9.30. The molecule has 2 N–H and O–H groups in total. The second-order valence-corrected chi connectivity index (χ2v) is 8.28. The first-order chi connectivity index (χ1) is 13.6. The van der Waals surface area contributed by atoms with Crippen LogP contribution in [0.2, 0.25) is 0 Å². The van der Waals surface area contributed by atoms with Gasteiger partial charge in [-0.3, -0.25) is 4.57 Å². The maximum Gasteiger partial charge on any atom is 0.178 e. The summed E-state index contributed by atoms with van der Waals surface area (Å²) < 4.78 is 2.11. The fraction of sp³-hybridized carbons (Fsp3) is 0.182. The zero-order chi connectivity index (χ0) is 19.3. The van der Waals surface area contributed by atoms with E-state index >= 15 is 0 Å². The lowest BCUT2D eigenvalue weighted by molar-refractivity contribution is 0.294. The number of rotatable bonds is 3. The highest BCUT2D eigenvalue weighted by molar-refractivity contribution is 8.00. The summed E-state index contributed by atoms with van der Waals surface area (Å²) in [6, 6.07) is 18.4. The van der Waals surface area contributed by atoms with Crippen molar-refractivity contribution in [3.05, 3.63) is 66.4 Å². The second kappa shape index (κ2) is 6.65. The summed E-state index contributed by atoms with van der Waals surface area (Å²) in [5, 5.41) is 12.9. The van der Waals surface area contributed by atoms with E-state index in [0.29, 0.717) is 5.92 Å². The zero-order valence-corrected chi connectivity index (χ0v) is 16.4. The molecule has 1 atom stereocenters. The Morgan fingerprint density at radius 1 is 1.11 bits per heavy atom. The van der Waals surface area contributed by atoms with E-state index in [4.69, 9.17) is 4.98 Å². The highest BCUT2D eigenvalue weighted by atomic mass is 32.2. The molecule has 0 aliphatic carbocycles. The van der Waals surface area contributed by atoms with Crippen molar-refractivity contribution in [2.45, 2.75) is 30.2 Å². The predicted octanol–water partition coefficient (Wildman–Crippen LogP) is 5.00. The number of anilines is 1. The van der Waals surface area contributed by atoms with Crippen LogP contribution >= 0.6 is 11.8 Å². The normalized spacial score (nSPS) is 15.8. The van der Waals surface area contributed by atoms with Gasteiger partial charge in [0.05, 0.1) is 11.4 Å². The first-order valence-corrected chi connectivity index (χ1v) is 10.2. The Morgan fingerprint density at radius 2 is 1.93 bits per heavy atom. The summed E-state index contributed by atoms with van der Waals surface area (Å²) in [7, 11) is 0. The second-order valence-electron chi connectivity index (χ2n) is 7.16. The van der Waals surface area contributed by atoms with Crippen molar-refractivity contribution in [3.63, 3.8) is 0 Å². The number of imidazole rings is 1. The molecule has 5 nitrogen and oxygen atoms in total. The van der Waals surface area contributed by atoms with Crippen LogP contribution in [0.15, 0.2) is 65.7 Å². The van der Waals surface area contributed by atoms with Crippen LogP contribution in [0.25, 0.3) is 28.2 Å². The first kappa shape index (κ1) is 17.3. The summed E-state index contributed by atoms with van der Waals surface area (Å²) in [4.78, 5) is 10.7. The number of hydrogen-bond acceptors (Lipinski definition) is 5. The van der Waals surface area contributed by atoms with Gasteiger partial charge >= 0.3 is 0 Å². The molecule has 3 heterocycles. The number of fused-ring (bicyclic) bond motifs is 2. The quantitative estimate of drug-likeness (QED) is 0.517. The molecule has 2 aromatic carbocycles. The van der Waals surface area contributed by atoms with Crippen LogP contribution in [0, 0.1) is 0 Å². The van der Waals surface area contributed by atoms with E-state index in [1.807, 2.05) is 36.5 Å². The Balaban J connectivity index is 1.80. The van der Waals surface area contributed by atoms with Gasteiger partial charge in [-0.25, -0.2) is 9.97 Å². The number of pyridine rings is 1. The van der Waals surface area contributed by atoms with Crippen LogP contribution in [0.5, 0.6) is 0 Å². The summed E-state index contributed by atoms with van der Waals surface area (Å²) in [6.07, 6.45) is 1.86. The summed E-state index contributed by atoms with van der Waals surface area (Å²) in [6.45, 7) is 4.35. The molecule has 0 spiro atoms. The number of thioether (sulfide) groups is 1. The lowest BCUT2D eigenvalue weighted by Gasteiger charge is -2.11. The lowest BCUT2D eigenvalue weighted by Crippen LogP contribution is -2.06. The number of aliphatic hydroxyl groups excluding tert-OH is 1.